The maximum Gasteiger partial charge on any atom is 0.153 e. The number of carbonyl (C=O) groups is 1. The number of aromatic nitrogens is 1. The topological polar surface area (TPSA) is 30.0 Å². The van der Waals surface area contributed by atoms with Crippen molar-refractivity contribution in [2.45, 2.75) is 13.8 Å². The third-order valence-corrected chi connectivity index (χ3v) is 2.77. The highest BCUT2D eigenvalue weighted by Gasteiger charge is 2.08. The van der Waals surface area contributed by atoms with E-state index in [0.717, 1.165) is 28.2 Å². The maximum absolute atomic E-state index is 10.9. The van der Waals surface area contributed by atoms with Gasteiger partial charge in [-0.25, -0.2) is 4.98 Å². The predicted octanol–water partition coefficient (Wildman–Crippen LogP) is 3.32. The van der Waals surface area contributed by atoms with E-state index in [2.05, 4.69) is 11.1 Å². The Labute approximate surface area is 92.9 Å². The van der Waals surface area contributed by atoms with Crippen molar-refractivity contribution in [2.75, 3.05) is 0 Å². The van der Waals surface area contributed by atoms with Crippen LogP contribution in [-0.4, -0.2) is 11.3 Å². The Morgan fingerprint density at radius 2 is 2.00 bits per heavy atom. The van der Waals surface area contributed by atoms with Gasteiger partial charge in [-0.1, -0.05) is 29.3 Å². The molecule has 0 N–H and O–H groups in total. The van der Waals surface area contributed by atoms with Crippen LogP contribution in [0.25, 0.3) is 10.8 Å². The smallest absolute Gasteiger partial charge is 0.153 e. The summed E-state index contributed by atoms with van der Waals surface area (Å²) in [5.74, 6) is 0. The summed E-state index contributed by atoms with van der Waals surface area (Å²) in [7, 11) is 0. The lowest BCUT2D eigenvalue weighted by molar-refractivity contribution is 0.112. The normalized spacial score (nSPS) is 10.6. The van der Waals surface area contributed by atoms with Crippen molar-refractivity contribution in [1.29, 1.82) is 0 Å². The average Bonchev–Trinajstić information content (AvgIpc) is 2.17. The second kappa shape index (κ2) is 3.63. The molecule has 0 bridgehead atoms. The fourth-order valence-electron chi connectivity index (χ4n) is 1.79. The number of fused-ring (bicyclic) bond motifs is 1. The molecule has 2 nitrogen and oxygen atoms in total. The van der Waals surface area contributed by atoms with Gasteiger partial charge in [-0.15, -0.1) is 0 Å². The zero-order valence-electron chi connectivity index (χ0n) is 8.54. The van der Waals surface area contributed by atoms with E-state index >= 15 is 0 Å². The van der Waals surface area contributed by atoms with Crippen molar-refractivity contribution in [3.05, 3.63) is 40.2 Å². The molecule has 0 saturated carbocycles. The molecule has 1 aromatic carbocycles. The summed E-state index contributed by atoms with van der Waals surface area (Å²) in [6.07, 6.45) is 2.47. The Morgan fingerprint density at radius 1 is 1.27 bits per heavy atom. The third kappa shape index (κ3) is 1.61. The second-order valence-electron chi connectivity index (χ2n) is 3.62. The number of aldehydes is 1. The summed E-state index contributed by atoms with van der Waals surface area (Å²) in [6.45, 7) is 3.99. The van der Waals surface area contributed by atoms with Gasteiger partial charge in [-0.2, -0.15) is 0 Å². The van der Waals surface area contributed by atoms with Gasteiger partial charge in [0.25, 0.3) is 0 Å². The van der Waals surface area contributed by atoms with Crippen molar-refractivity contribution in [3.8, 4) is 0 Å². The quantitative estimate of drug-likeness (QED) is 0.544. The summed E-state index contributed by atoms with van der Waals surface area (Å²) in [5.41, 5.74) is 2.70. The van der Waals surface area contributed by atoms with Crippen LogP contribution in [0.15, 0.2) is 18.3 Å². The first-order valence-electron chi connectivity index (χ1n) is 4.64. The lowest BCUT2D eigenvalue weighted by Gasteiger charge is -2.06. The molecule has 2 rings (SSSR count). The van der Waals surface area contributed by atoms with E-state index in [0.29, 0.717) is 5.56 Å². The van der Waals surface area contributed by atoms with Crippen LogP contribution in [0.3, 0.4) is 0 Å². The fourth-order valence-corrected chi connectivity index (χ4v) is 1.98. The van der Waals surface area contributed by atoms with E-state index < -0.39 is 0 Å². The van der Waals surface area contributed by atoms with Crippen molar-refractivity contribution >= 4 is 28.7 Å². The van der Waals surface area contributed by atoms with Crippen LogP contribution < -0.4 is 0 Å². The van der Waals surface area contributed by atoms with Crippen molar-refractivity contribution < 1.29 is 4.79 Å². The molecule has 0 aliphatic carbocycles. The first-order chi connectivity index (χ1) is 7.13. The van der Waals surface area contributed by atoms with Gasteiger partial charge in [0.05, 0.1) is 5.56 Å². The number of carbonyl (C=O) groups excluding carboxylic acids is 1. The minimum absolute atomic E-state index is 0.266. The number of pyridine rings is 1. The third-order valence-electron chi connectivity index (χ3n) is 2.47. The van der Waals surface area contributed by atoms with Crippen LogP contribution in [0.4, 0.5) is 0 Å². The molecule has 76 valence electrons. The first kappa shape index (κ1) is 10.1. The number of halogens is 1. The van der Waals surface area contributed by atoms with Crippen molar-refractivity contribution in [2.24, 2.45) is 0 Å². The van der Waals surface area contributed by atoms with Gasteiger partial charge in [-0.3, -0.25) is 4.79 Å². The van der Waals surface area contributed by atoms with E-state index in [1.54, 1.807) is 6.20 Å². The molecule has 0 unspecified atom stereocenters. The van der Waals surface area contributed by atoms with Gasteiger partial charge in [0.1, 0.15) is 5.15 Å². The lowest BCUT2D eigenvalue weighted by Crippen LogP contribution is -1.91. The Kier molecular flexibility index (Phi) is 2.45. The summed E-state index contributed by atoms with van der Waals surface area (Å²) < 4.78 is 0. The molecule has 0 spiro atoms. The molecule has 0 radical (unpaired) electrons. The molecule has 15 heavy (non-hydrogen) atoms. The van der Waals surface area contributed by atoms with Gasteiger partial charge in [0, 0.05) is 11.6 Å². The van der Waals surface area contributed by atoms with E-state index in [-0.39, 0.29) is 5.15 Å². The minimum atomic E-state index is 0.266. The average molecular weight is 220 g/mol. The molecule has 0 aliphatic rings. The Balaban J connectivity index is 2.97. The number of rotatable bonds is 1. The molecule has 3 heteroatoms. The maximum atomic E-state index is 10.9. The zero-order chi connectivity index (χ0) is 11.0. The molecule has 0 aliphatic heterocycles. The molecule has 0 fully saturated rings. The van der Waals surface area contributed by atoms with Gasteiger partial charge < -0.3 is 0 Å². The minimum Gasteiger partial charge on any atom is -0.298 e. The van der Waals surface area contributed by atoms with Crippen LogP contribution in [0.2, 0.25) is 5.15 Å². The highest BCUT2D eigenvalue weighted by molar-refractivity contribution is 6.33. The summed E-state index contributed by atoms with van der Waals surface area (Å²) in [5, 5.41) is 2.12. The van der Waals surface area contributed by atoms with Crippen LogP contribution in [0.1, 0.15) is 21.5 Å². The number of nitrogens with zero attached hydrogens (tertiary/aromatic N) is 1. The second-order valence-corrected chi connectivity index (χ2v) is 3.98. The Hall–Kier alpha value is -1.41. The summed E-state index contributed by atoms with van der Waals surface area (Å²) in [4.78, 5) is 14.9. The highest BCUT2D eigenvalue weighted by atomic mass is 35.5. The van der Waals surface area contributed by atoms with E-state index in [9.17, 15) is 4.79 Å². The van der Waals surface area contributed by atoms with Gasteiger partial charge in [0.15, 0.2) is 6.29 Å². The Morgan fingerprint density at radius 3 is 2.67 bits per heavy atom. The van der Waals surface area contributed by atoms with Gasteiger partial charge in [-0.05, 0) is 24.8 Å². The fraction of sp³-hybridized carbons (Fsp3) is 0.167. The number of hydrogen-bond donors (Lipinski definition) is 0. The van der Waals surface area contributed by atoms with Crippen LogP contribution >= 0.6 is 11.6 Å². The largest absolute Gasteiger partial charge is 0.298 e. The molecular weight excluding hydrogens is 210 g/mol. The highest BCUT2D eigenvalue weighted by Crippen LogP contribution is 2.26. The van der Waals surface area contributed by atoms with Gasteiger partial charge >= 0.3 is 0 Å². The molecular formula is C12H10ClNO. The molecule has 2 aromatic rings. The number of hydrogen-bond acceptors (Lipinski definition) is 2. The van der Waals surface area contributed by atoms with Gasteiger partial charge in [0.2, 0.25) is 0 Å². The molecule has 0 saturated heterocycles. The molecule has 0 atom stereocenters. The van der Waals surface area contributed by atoms with E-state index in [1.165, 1.54) is 0 Å². The van der Waals surface area contributed by atoms with Crippen molar-refractivity contribution in [1.82, 2.24) is 4.98 Å². The van der Waals surface area contributed by atoms with E-state index in [4.69, 9.17) is 11.6 Å². The zero-order valence-corrected chi connectivity index (χ0v) is 9.30. The molecule has 0 amide bonds. The molecule has 1 heterocycles. The van der Waals surface area contributed by atoms with Crippen molar-refractivity contribution in [3.63, 3.8) is 0 Å². The SMILES string of the molecule is Cc1cc(C)c2cnc(Cl)c(C=O)c2c1. The standard InChI is InChI=1S/C12H10ClNO/c1-7-3-8(2)10-5-14-12(13)11(6-15)9(10)4-7/h3-6H,1-2H3. The Bertz CT molecular complexity index is 549. The molecule has 1 aromatic heterocycles. The monoisotopic (exact) mass is 219 g/mol. The van der Waals surface area contributed by atoms with Crippen LogP contribution in [-0.2, 0) is 0 Å². The lowest BCUT2D eigenvalue weighted by atomic mass is 10.0. The van der Waals surface area contributed by atoms with Crippen LogP contribution in [0, 0.1) is 13.8 Å². The predicted molar refractivity (Wildman–Crippen MR) is 61.6 cm³/mol. The van der Waals surface area contributed by atoms with Crippen LogP contribution in [0.5, 0.6) is 0 Å². The first-order valence-corrected chi connectivity index (χ1v) is 5.02. The number of aryl methyl sites for hydroxylation is 2. The number of benzene rings is 1. The summed E-state index contributed by atoms with van der Waals surface area (Å²) >= 11 is 5.87. The van der Waals surface area contributed by atoms with E-state index in [1.807, 2.05) is 19.9 Å². The summed E-state index contributed by atoms with van der Waals surface area (Å²) in [6, 6.07) is 4.02.